The highest BCUT2D eigenvalue weighted by atomic mass is 32.2. The Bertz CT molecular complexity index is 580. The molecule has 1 aliphatic rings. The first-order valence-electron chi connectivity index (χ1n) is 4.52. The number of carbonyl (C=O) groups excluding carboxylic acids is 1. The second-order valence-corrected chi connectivity index (χ2v) is 5.63. The molecule has 2 rings (SSSR count). The molecule has 0 aliphatic carbocycles. The highest BCUT2D eigenvalue weighted by Crippen LogP contribution is 2.30. The van der Waals surface area contributed by atoms with Gasteiger partial charge in [0.1, 0.15) is 0 Å². The maximum atomic E-state index is 11.9. The van der Waals surface area contributed by atoms with E-state index in [0.717, 1.165) is 0 Å². The summed E-state index contributed by atoms with van der Waals surface area (Å²) >= 11 is 0. The molecule has 0 radical (unpaired) electrons. The second kappa shape index (κ2) is 3.03. The minimum Gasteiger partial charge on any atom is -0.289 e. The van der Waals surface area contributed by atoms with E-state index in [-0.39, 0.29) is 21.1 Å². The summed E-state index contributed by atoms with van der Waals surface area (Å²) in [6.07, 6.45) is 1.18. The van der Waals surface area contributed by atoms with Gasteiger partial charge in [-0.15, -0.1) is 0 Å². The van der Waals surface area contributed by atoms with Gasteiger partial charge in [-0.1, -0.05) is 12.1 Å². The molecule has 15 heavy (non-hydrogen) atoms. The number of hydrogen-bond donors (Lipinski definition) is 0. The normalized spacial score (nSPS) is 18.3. The van der Waals surface area contributed by atoms with Gasteiger partial charge in [-0.2, -0.15) is 0 Å². The highest BCUT2D eigenvalue weighted by Gasteiger charge is 2.30. The zero-order chi connectivity index (χ0) is 11.2. The molecule has 0 saturated heterocycles. The minimum atomic E-state index is -3.44. The summed E-state index contributed by atoms with van der Waals surface area (Å²) in [5.41, 5.74) is 0.897. The lowest BCUT2D eigenvalue weighted by Crippen LogP contribution is -2.16. The average molecular weight is 222 g/mol. The number of carbonyl (C=O) groups is 1. The molecular formula is C11H10O3S. The van der Waals surface area contributed by atoms with Crippen molar-refractivity contribution in [3.05, 3.63) is 40.3 Å². The smallest absolute Gasteiger partial charge is 0.203 e. The minimum absolute atomic E-state index is 0.120. The summed E-state index contributed by atoms with van der Waals surface area (Å²) in [5, 5.41) is 0. The predicted molar refractivity (Wildman–Crippen MR) is 56.5 cm³/mol. The summed E-state index contributed by atoms with van der Waals surface area (Å²) in [6, 6.07) is 4.93. The van der Waals surface area contributed by atoms with Gasteiger partial charge in [0.25, 0.3) is 0 Å². The Labute approximate surface area is 88.3 Å². The molecule has 0 amide bonds. The SMILES string of the molecule is CC1=CC(=O)c2cccc(C)c2S1(=O)=O. The van der Waals surface area contributed by atoms with Crippen LogP contribution in [0.1, 0.15) is 22.8 Å². The van der Waals surface area contributed by atoms with E-state index in [1.165, 1.54) is 13.0 Å². The lowest BCUT2D eigenvalue weighted by molar-refractivity contribution is 0.104. The number of ketones is 1. The van der Waals surface area contributed by atoms with Crippen LogP contribution in [0.3, 0.4) is 0 Å². The number of allylic oxidation sites excluding steroid dienone is 2. The largest absolute Gasteiger partial charge is 0.289 e. The molecular weight excluding hydrogens is 212 g/mol. The van der Waals surface area contributed by atoms with E-state index in [1.807, 2.05) is 0 Å². The fourth-order valence-corrected chi connectivity index (χ4v) is 3.24. The van der Waals surface area contributed by atoms with Crippen LogP contribution in [0.5, 0.6) is 0 Å². The van der Waals surface area contributed by atoms with Gasteiger partial charge in [-0.25, -0.2) is 8.42 Å². The van der Waals surface area contributed by atoms with Crippen molar-refractivity contribution in [2.75, 3.05) is 0 Å². The Kier molecular flexibility index (Phi) is 2.04. The van der Waals surface area contributed by atoms with E-state index >= 15 is 0 Å². The standard InChI is InChI=1S/C11H10O3S/c1-7-4-3-5-9-10(12)6-8(2)15(13,14)11(7)9/h3-6H,1-2H3. The molecule has 0 N–H and O–H groups in total. The van der Waals surface area contributed by atoms with Crippen molar-refractivity contribution in [2.45, 2.75) is 18.7 Å². The van der Waals surface area contributed by atoms with Crippen molar-refractivity contribution in [1.82, 2.24) is 0 Å². The second-order valence-electron chi connectivity index (χ2n) is 3.57. The fourth-order valence-electron chi connectivity index (χ4n) is 1.70. The molecule has 0 saturated carbocycles. The van der Waals surface area contributed by atoms with Crippen LogP contribution in [-0.4, -0.2) is 14.2 Å². The van der Waals surface area contributed by atoms with Crippen LogP contribution in [0.4, 0.5) is 0 Å². The van der Waals surface area contributed by atoms with E-state index < -0.39 is 9.84 Å². The van der Waals surface area contributed by atoms with Crippen LogP contribution < -0.4 is 0 Å². The van der Waals surface area contributed by atoms with Crippen LogP contribution >= 0.6 is 0 Å². The summed E-state index contributed by atoms with van der Waals surface area (Å²) in [7, 11) is -3.44. The molecule has 4 heteroatoms. The lowest BCUT2D eigenvalue weighted by Gasteiger charge is -2.16. The van der Waals surface area contributed by atoms with E-state index in [1.54, 1.807) is 25.1 Å². The topological polar surface area (TPSA) is 51.2 Å². The average Bonchev–Trinajstić information content (AvgIpc) is 2.14. The van der Waals surface area contributed by atoms with Crippen molar-refractivity contribution >= 4 is 15.6 Å². The third kappa shape index (κ3) is 1.33. The fraction of sp³-hybridized carbons (Fsp3) is 0.182. The number of sulfone groups is 1. The molecule has 0 spiro atoms. The van der Waals surface area contributed by atoms with Gasteiger partial charge in [-0.3, -0.25) is 4.79 Å². The molecule has 0 bridgehead atoms. The van der Waals surface area contributed by atoms with E-state index in [0.29, 0.717) is 5.56 Å². The maximum absolute atomic E-state index is 11.9. The summed E-state index contributed by atoms with van der Waals surface area (Å²) < 4.78 is 23.9. The molecule has 0 fully saturated rings. The first-order chi connectivity index (χ1) is 6.94. The number of rotatable bonds is 0. The maximum Gasteiger partial charge on any atom is 0.203 e. The van der Waals surface area contributed by atoms with Crippen LogP contribution in [-0.2, 0) is 9.84 Å². The van der Waals surface area contributed by atoms with Crippen molar-refractivity contribution in [3.8, 4) is 0 Å². The molecule has 1 aromatic rings. The Hall–Kier alpha value is -1.42. The monoisotopic (exact) mass is 222 g/mol. The van der Waals surface area contributed by atoms with Crippen LogP contribution in [0.15, 0.2) is 34.1 Å². The van der Waals surface area contributed by atoms with Gasteiger partial charge >= 0.3 is 0 Å². The van der Waals surface area contributed by atoms with E-state index in [4.69, 9.17) is 0 Å². The van der Waals surface area contributed by atoms with Crippen molar-refractivity contribution in [2.24, 2.45) is 0 Å². The molecule has 1 aliphatic heterocycles. The molecule has 0 aromatic heterocycles. The number of benzene rings is 1. The third-order valence-corrected chi connectivity index (χ3v) is 4.55. The number of aryl methyl sites for hydroxylation is 1. The molecule has 1 aromatic carbocycles. The molecule has 0 atom stereocenters. The van der Waals surface area contributed by atoms with Gasteiger partial charge in [0.05, 0.1) is 9.80 Å². The summed E-state index contributed by atoms with van der Waals surface area (Å²) in [4.78, 5) is 11.9. The Morgan fingerprint density at radius 2 is 1.80 bits per heavy atom. The molecule has 1 heterocycles. The molecule has 3 nitrogen and oxygen atoms in total. The quantitative estimate of drug-likeness (QED) is 0.673. The van der Waals surface area contributed by atoms with Crippen molar-refractivity contribution < 1.29 is 13.2 Å². The first kappa shape index (κ1) is 10.1. The van der Waals surface area contributed by atoms with Crippen LogP contribution in [0.25, 0.3) is 0 Å². The van der Waals surface area contributed by atoms with Crippen LogP contribution in [0.2, 0.25) is 0 Å². The number of fused-ring (bicyclic) bond motifs is 1. The molecule has 0 unspecified atom stereocenters. The highest BCUT2D eigenvalue weighted by molar-refractivity contribution is 7.95. The van der Waals surface area contributed by atoms with Crippen molar-refractivity contribution in [3.63, 3.8) is 0 Å². The van der Waals surface area contributed by atoms with Gasteiger partial charge in [0.15, 0.2) is 5.78 Å². The zero-order valence-corrected chi connectivity index (χ0v) is 9.26. The third-order valence-electron chi connectivity index (χ3n) is 2.50. The predicted octanol–water partition coefficient (Wildman–Crippen LogP) is 1.87. The Morgan fingerprint density at radius 1 is 1.13 bits per heavy atom. The van der Waals surface area contributed by atoms with Crippen molar-refractivity contribution in [1.29, 1.82) is 0 Å². The lowest BCUT2D eigenvalue weighted by atomic mass is 10.1. The van der Waals surface area contributed by atoms with Crippen LogP contribution in [0, 0.1) is 6.92 Å². The summed E-state index contributed by atoms with van der Waals surface area (Å²) in [5.74, 6) is -0.235. The van der Waals surface area contributed by atoms with Gasteiger partial charge in [-0.05, 0) is 25.5 Å². The number of hydrogen-bond acceptors (Lipinski definition) is 3. The van der Waals surface area contributed by atoms with E-state index in [9.17, 15) is 13.2 Å². The van der Waals surface area contributed by atoms with Gasteiger partial charge < -0.3 is 0 Å². The Balaban J connectivity index is 2.92. The van der Waals surface area contributed by atoms with E-state index in [2.05, 4.69) is 0 Å². The van der Waals surface area contributed by atoms with Gasteiger partial charge in [0.2, 0.25) is 9.84 Å². The van der Waals surface area contributed by atoms with Gasteiger partial charge in [0, 0.05) is 11.6 Å². The zero-order valence-electron chi connectivity index (χ0n) is 8.44. The Morgan fingerprint density at radius 3 is 2.47 bits per heavy atom. The summed E-state index contributed by atoms with van der Waals surface area (Å²) in [6.45, 7) is 3.14. The molecule has 78 valence electrons. The first-order valence-corrected chi connectivity index (χ1v) is 6.00.